The fraction of sp³-hybridized carbons (Fsp3) is 0.333. The topological polar surface area (TPSA) is 12.0 Å². The average molecular weight is 283 g/mol. The van der Waals surface area contributed by atoms with Crippen molar-refractivity contribution in [3.05, 3.63) is 65.2 Å². The van der Waals surface area contributed by atoms with Crippen molar-refractivity contribution < 1.29 is 0 Å². The van der Waals surface area contributed by atoms with Crippen LogP contribution in [-0.4, -0.2) is 11.8 Å². The first-order valence-electron chi connectivity index (χ1n) is 7.26. The Morgan fingerprint density at radius 2 is 1.90 bits per heavy atom. The molecule has 0 fully saturated rings. The van der Waals surface area contributed by atoms with Crippen molar-refractivity contribution in [2.75, 3.05) is 5.75 Å². The normalized spacial score (nSPS) is 18.8. The number of nitrogens with one attached hydrogen (secondary N) is 1. The van der Waals surface area contributed by atoms with Crippen LogP contribution in [0.1, 0.15) is 29.7 Å². The molecule has 1 aliphatic rings. The van der Waals surface area contributed by atoms with Crippen LogP contribution in [-0.2, 0) is 6.42 Å². The highest BCUT2D eigenvalue weighted by Crippen LogP contribution is 2.38. The minimum Gasteiger partial charge on any atom is -0.306 e. The summed E-state index contributed by atoms with van der Waals surface area (Å²) in [4.78, 5) is 1.44. The Kier molecular flexibility index (Phi) is 4.13. The summed E-state index contributed by atoms with van der Waals surface area (Å²) >= 11 is 1.96. The van der Waals surface area contributed by atoms with Crippen LogP contribution in [0.15, 0.2) is 53.4 Å². The molecule has 0 aliphatic carbocycles. The van der Waals surface area contributed by atoms with Crippen molar-refractivity contribution in [2.45, 2.75) is 37.2 Å². The van der Waals surface area contributed by atoms with Crippen LogP contribution in [0.2, 0.25) is 0 Å². The largest absolute Gasteiger partial charge is 0.306 e. The standard InChI is InChI=1S/C18H21NS/c1-13-7-3-4-8-15(13)11-14(2)19-17-12-20-18-10-6-5-9-16(17)18/h3-10,14,17,19H,11-12H2,1-2H3. The van der Waals surface area contributed by atoms with Crippen LogP contribution < -0.4 is 5.32 Å². The third kappa shape index (κ3) is 2.92. The maximum atomic E-state index is 3.79. The molecule has 2 aromatic carbocycles. The summed E-state index contributed by atoms with van der Waals surface area (Å²) in [5, 5.41) is 3.79. The van der Waals surface area contributed by atoms with Gasteiger partial charge in [0.2, 0.25) is 0 Å². The molecular formula is C18H21NS. The Bertz CT molecular complexity index is 593. The van der Waals surface area contributed by atoms with E-state index in [0.29, 0.717) is 12.1 Å². The second-order valence-electron chi connectivity index (χ2n) is 5.60. The van der Waals surface area contributed by atoms with Crippen molar-refractivity contribution in [2.24, 2.45) is 0 Å². The van der Waals surface area contributed by atoms with Gasteiger partial charge in [0.25, 0.3) is 0 Å². The van der Waals surface area contributed by atoms with E-state index in [0.717, 1.165) is 12.2 Å². The number of hydrogen-bond donors (Lipinski definition) is 1. The van der Waals surface area contributed by atoms with Gasteiger partial charge in [-0.05, 0) is 43.0 Å². The molecule has 104 valence electrons. The van der Waals surface area contributed by atoms with Crippen LogP contribution in [0.4, 0.5) is 0 Å². The van der Waals surface area contributed by atoms with Gasteiger partial charge >= 0.3 is 0 Å². The van der Waals surface area contributed by atoms with Gasteiger partial charge in [0.15, 0.2) is 0 Å². The number of hydrogen-bond acceptors (Lipinski definition) is 2. The van der Waals surface area contributed by atoms with E-state index in [4.69, 9.17) is 0 Å². The van der Waals surface area contributed by atoms with Crippen LogP contribution >= 0.6 is 11.8 Å². The molecule has 1 nitrogen and oxygen atoms in total. The Hall–Kier alpha value is -1.25. The molecule has 0 amide bonds. The molecule has 0 radical (unpaired) electrons. The van der Waals surface area contributed by atoms with E-state index in [1.165, 1.54) is 21.6 Å². The number of aryl methyl sites for hydroxylation is 1. The van der Waals surface area contributed by atoms with Gasteiger partial charge in [0, 0.05) is 22.7 Å². The van der Waals surface area contributed by atoms with E-state index in [1.54, 1.807) is 0 Å². The predicted molar refractivity (Wildman–Crippen MR) is 87.4 cm³/mol. The third-order valence-corrected chi connectivity index (χ3v) is 5.16. The number of rotatable bonds is 4. The summed E-state index contributed by atoms with van der Waals surface area (Å²) in [6, 6.07) is 18.4. The summed E-state index contributed by atoms with van der Waals surface area (Å²) in [5.41, 5.74) is 4.31. The quantitative estimate of drug-likeness (QED) is 0.894. The minimum atomic E-state index is 0.493. The molecule has 2 atom stereocenters. The molecule has 0 saturated carbocycles. The summed E-state index contributed by atoms with van der Waals surface area (Å²) in [5.74, 6) is 1.15. The molecule has 1 aliphatic heterocycles. The fourth-order valence-corrected chi connectivity index (χ4v) is 4.05. The minimum absolute atomic E-state index is 0.493. The van der Waals surface area contributed by atoms with Gasteiger partial charge in [-0.25, -0.2) is 0 Å². The maximum Gasteiger partial charge on any atom is 0.0428 e. The van der Waals surface area contributed by atoms with Gasteiger partial charge in [0.1, 0.15) is 0 Å². The summed E-state index contributed by atoms with van der Waals surface area (Å²) < 4.78 is 0. The zero-order valence-electron chi connectivity index (χ0n) is 12.1. The molecule has 20 heavy (non-hydrogen) atoms. The second-order valence-corrected chi connectivity index (χ2v) is 6.66. The predicted octanol–water partition coefficient (Wildman–Crippen LogP) is 4.36. The number of benzene rings is 2. The van der Waals surface area contributed by atoms with E-state index in [-0.39, 0.29) is 0 Å². The zero-order chi connectivity index (χ0) is 13.9. The van der Waals surface area contributed by atoms with Crippen molar-refractivity contribution in [3.8, 4) is 0 Å². The smallest absolute Gasteiger partial charge is 0.0428 e. The molecule has 1 heterocycles. The van der Waals surface area contributed by atoms with Gasteiger partial charge in [-0.15, -0.1) is 11.8 Å². The molecule has 0 bridgehead atoms. The first-order chi connectivity index (χ1) is 9.74. The molecule has 1 N–H and O–H groups in total. The average Bonchev–Trinajstić information content (AvgIpc) is 2.85. The van der Waals surface area contributed by atoms with Crippen molar-refractivity contribution in [3.63, 3.8) is 0 Å². The lowest BCUT2D eigenvalue weighted by Crippen LogP contribution is -2.32. The number of thioether (sulfide) groups is 1. The summed E-state index contributed by atoms with van der Waals surface area (Å²) in [7, 11) is 0. The van der Waals surface area contributed by atoms with Crippen LogP contribution in [0.3, 0.4) is 0 Å². The Balaban J connectivity index is 1.66. The van der Waals surface area contributed by atoms with E-state index in [9.17, 15) is 0 Å². The highest BCUT2D eigenvalue weighted by Gasteiger charge is 2.23. The van der Waals surface area contributed by atoms with E-state index in [2.05, 4.69) is 67.7 Å². The van der Waals surface area contributed by atoms with Gasteiger partial charge in [-0.2, -0.15) is 0 Å². The highest BCUT2D eigenvalue weighted by molar-refractivity contribution is 7.99. The van der Waals surface area contributed by atoms with E-state index < -0.39 is 0 Å². The lowest BCUT2D eigenvalue weighted by molar-refractivity contribution is 0.482. The first kappa shape index (κ1) is 13.7. The summed E-state index contributed by atoms with van der Waals surface area (Å²) in [6.07, 6.45) is 1.09. The van der Waals surface area contributed by atoms with E-state index >= 15 is 0 Å². The molecule has 3 rings (SSSR count). The molecular weight excluding hydrogens is 262 g/mol. The summed E-state index contributed by atoms with van der Waals surface area (Å²) in [6.45, 7) is 4.49. The molecule has 2 heteroatoms. The van der Waals surface area contributed by atoms with Crippen molar-refractivity contribution >= 4 is 11.8 Å². The third-order valence-electron chi connectivity index (χ3n) is 3.97. The van der Waals surface area contributed by atoms with Crippen molar-refractivity contribution in [1.82, 2.24) is 5.32 Å². The van der Waals surface area contributed by atoms with Crippen molar-refractivity contribution in [1.29, 1.82) is 0 Å². The van der Waals surface area contributed by atoms with Gasteiger partial charge in [-0.3, -0.25) is 0 Å². The SMILES string of the molecule is Cc1ccccc1CC(C)NC1CSc2ccccc21. The molecule has 0 spiro atoms. The lowest BCUT2D eigenvalue weighted by Gasteiger charge is -2.20. The van der Waals surface area contributed by atoms with Gasteiger partial charge in [-0.1, -0.05) is 42.5 Å². The molecule has 2 aromatic rings. The Morgan fingerprint density at radius 1 is 1.15 bits per heavy atom. The van der Waals surface area contributed by atoms with Gasteiger partial charge in [0.05, 0.1) is 0 Å². The zero-order valence-corrected chi connectivity index (χ0v) is 12.9. The van der Waals surface area contributed by atoms with Crippen LogP contribution in [0.5, 0.6) is 0 Å². The molecule has 0 aromatic heterocycles. The molecule has 2 unspecified atom stereocenters. The Morgan fingerprint density at radius 3 is 2.75 bits per heavy atom. The number of fused-ring (bicyclic) bond motifs is 1. The Labute approximate surface area is 125 Å². The monoisotopic (exact) mass is 283 g/mol. The second kappa shape index (κ2) is 6.02. The maximum absolute atomic E-state index is 3.79. The van der Waals surface area contributed by atoms with Crippen LogP contribution in [0, 0.1) is 6.92 Å². The fourth-order valence-electron chi connectivity index (χ4n) is 2.87. The van der Waals surface area contributed by atoms with Gasteiger partial charge < -0.3 is 5.32 Å². The highest BCUT2D eigenvalue weighted by atomic mass is 32.2. The molecule has 0 saturated heterocycles. The van der Waals surface area contributed by atoms with E-state index in [1.807, 2.05) is 11.8 Å². The first-order valence-corrected chi connectivity index (χ1v) is 8.25. The van der Waals surface area contributed by atoms with Crippen LogP contribution in [0.25, 0.3) is 0 Å². The lowest BCUT2D eigenvalue weighted by atomic mass is 10.0.